The summed E-state index contributed by atoms with van der Waals surface area (Å²) in [7, 11) is 1.60. The van der Waals surface area contributed by atoms with Crippen LogP contribution in [0.25, 0.3) is 0 Å². The van der Waals surface area contributed by atoms with E-state index in [1.165, 1.54) is 0 Å². The van der Waals surface area contributed by atoms with Crippen molar-refractivity contribution in [3.8, 4) is 0 Å². The summed E-state index contributed by atoms with van der Waals surface area (Å²) in [5.41, 5.74) is -1.32. The average molecular weight is 395 g/mol. The van der Waals surface area contributed by atoms with E-state index in [9.17, 15) is 20.1 Å². The number of hydrogen-bond acceptors (Lipinski definition) is 6. The second-order valence-electron chi connectivity index (χ2n) is 9.44. The maximum absolute atomic E-state index is 13.5. The van der Waals surface area contributed by atoms with E-state index in [0.717, 1.165) is 19.3 Å². The normalized spacial score (nSPS) is 51.1. The zero-order valence-corrected chi connectivity index (χ0v) is 17.1. The number of aliphatic hydroxyl groups is 3. The zero-order chi connectivity index (χ0) is 20.4. The fourth-order valence-electron chi connectivity index (χ4n) is 7.22. The highest BCUT2D eigenvalue weighted by atomic mass is 16.7. The number of fused-ring (bicyclic) bond motifs is 3. The molecule has 2 heterocycles. The Morgan fingerprint density at radius 1 is 1.36 bits per heavy atom. The summed E-state index contributed by atoms with van der Waals surface area (Å²) >= 11 is 0. The van der Waals surface area contributed by atoms with Gasteiger partial charge in [0.2, 0.25) is 0 Å². The summed E-state index contributed by atoms with van der Waals surface area (Å²) in [4.78, 5) is 13.5. The van der Waals surface area contributed by atoms with Crippen molar-refractivity contribution in [3.05, 3.63) is 12.2 Å². The maximum Gasteiger partial charge on any atom is 0.170 e. The molecule has 0 aromatic carbocycles. The third-order valence-corrected chi connectivity index (χ3v) is 8.68. The van der Waals surface area contributed by atoms with Crippen LogP contribution in [0.5, 0.6) is 0 Å². The topological polar surface area (TPSA) is 96.2 Å². The molecule has 3 aliphatic carbocycles. The third kappa shape index (κ3) is 2.24. The molecule has 2 saturated heterocycles. The highest BCUT2D eigenvalue weighted by Gasteiger charge is 2.79. The number of Topliss-reactive ketones (excluding diaryl/α,β-unsaturated/α-hetero) is 1. The number of methoxy groups -OCH3 is 1. The van der Waals surface area contributed by atoms with Gasteiger partial charge >= 0.3 is 0 Å². The van der Waals surface area contributed by atoms with E-state index in [0.29, 0.717) is 24.8 Å². The molecule has 0 aromatic rings. The number of aliphatic hydroxyl groups excluding tert-OH is 3. The van der Waals surface area contributed by atoms with Crippen LogP contribution in [0, 0.1) is 28.6 Å². The molecule has 6 nitrogen and oxygen atoms in total. The largest absolute Gasteiger partial charge is 0.393 e. The summed E-state index contributed by atoms with van der Waals surface area (Å²) in [5.74, 6) is -0.734. The number of ketones is 1. The lowest BCUT2D eigenvalue weighted by Crippen LogP contribution is -2.77. The van der Waals surface area contributed by atoms with Gasteiger partial charge < -0.3 is 24.8 Å². The lowest BCUT2D eigenvalue weighted by atomic mass is 9.43. The molecule has 3 saturated carbocycles. The number of carbonyl (C=O) groups is 1. The molecule has 5 rings (SSSR count). The Balaban J connectivity index is 1.88. The standard InChI is InChI=1S/C22H34O6/c1-5-13(23)9-10-21-12(3)16(24)19(28-20(21)27-4)22-15(21)8-6-7-14(18(22)26)11(2)17(22)25/h12-16,18-20,23-24,26H,2,5-10H2,1,3-4H3. The van der Waals surface area contributed by atoms with Gasteiger partial charge in [-0.15, -0.1) is 0 Å². The van der Waals surface area contributed by atoms with Crippen LogP contribution in [0.4, 0.5) is 0 Å². The van der Waals surface area contributed by atoms with E-state index in [1.54, 1.807) is 7.11 Å². The summed E-state index contributed by atoms with van der Waals surface area (Å²) < 4.78 is 12.0. The van der Waals surface area contributed by atoms with E-state index in [2.05, 4.69) is 6.58 Å². The van der Waals surface area contributed by atoms with E-state index in [-0.39, 0.29) is 23.5 Å². The average Bonchev–Trinajstić information content (AvgIpc) is 2.80. The summed E-state index contributed by atoms with van der Waals surface area (Å²) in [6, 6.07) is 0. The Morgan fingerprint density at radius 3 is 2.71 bits per heavy atom. The maximum atomic E-state index is 13.5. The molecule has 0 aromatic heterocycles. The van der Waals surface area contributed by atoms with Crippen molar-refractivity contribution >= 4 is 5.78 Å². The number of ether oxygens (including phenoxy) is 2. The third-order valence-electron chi connectivity index (χ3n) is 8.68. The number of rotatable bonds is 5. The molecule has 10 unspecified atom stereocenters. The molecular formula is C22H34O6. The van der Waals surface area contributed by atoms with Crippen LogP contribution in [0.1, 0.15) is 52.4 Å². The van der Waals surface area contributed by atoms with E-state index in [1.807, 2.05) is 13.8 Å². The molecule has 4 bridgehead atoms. The van der Waals surface area contributed by atoms with Crippen molar-refractivity contribution in [2.24, 2.45) is 28.6 Å². The van der Waals surface area contributed by atoms with Crippen LogP contribution < -0.4 is 0 Å². The Hall–Kier alpha value is -0.790. The molecule has 3 N–H and O–H groups in total. The monoisotopic (exact) mass is 394 g/mol. The quantitative estimate of drug-likeness (QED) is 0.616. The van der Waals surface area contributed by atoms with Gasteiger partial charge in [-0.25, -0.2) is 0 Å². The van der Waals surface area contributed by atoms with Crippen LogP contribution in [0.15, 0.2) is 12.2 Å². The van der Waals surface area contributed by atoms with Crippen LogP contribution in [-0.4, -0.2) is 58.9 Å². The fraction of sp³-hybridized carbons (Fsp3) is 0.864. The summed E-state index contributed by atoms with van der Waals surface area (Å²) in [6.45, 7) is 7.95. The smallest absolute Gasteiger partial charge is 0.170 e. The van der Waals surface area contributed by atoms with Crippen LogP contribution in [0.3, 0.4) is 0 Å². The zero-order valence-electron chi connectivity index (χ0n) is 17.1. The molecule has 1 spiro atoms. The second-order valence-corrected chi connectivity index (χ2v) is 9.44. The number of carbonyl (C=O) groups excluding carboxylic acids is 1. The van der Waals surface area contributed by atoms with Crippen molar-refractivity contribution in [2.75, 3.05) is 7.11 Å². The van der Waals surface area contributed by atoms with Gasteiger partial charge in [0.05, 0.1) is 23.7 Å². The van der Waals surface area contributed by atoms with Gasteiger partial charge in [0, 0.05) is 18.4 Å². The first-order valence-corrected chi connectivity index (χ1v) is 10.7. The van der Waals surface area contributed by atoms with E-state index >= 15 is 0 Å². The van der Waals surface area contributed by atoms with E-state index in [4.69, 9.17) is 9.47 Å². The Kier molecular flexibility index (Phi) is 5.03. The summed E-state index contributed by atoms with van der Waals surface area (Å²) in [5, 5.41) is 32.9. The molecule has 6 heteroatoms. The number of hydrogen-bond donors (Lipinski definition) is 3. The minimum Gasteiger partial charge on any atom is -0.393 e. The lowest BCUT2D eigenvalue weighted by molar-refractivity contribution is -0.388. The van der Waals surface area contributed by atoms with E-state index < -0.39 is 41.5 Å². The van der Waals surface area contributed by atoms with Gasteiger partial charge in [0.15, 0.2) is 12.1 Å². The molecule has 10 atom stereocenters. The minimum atomic E-state index is -1.16. The lowest BCUT2D eigenvalue weighted by Gasteiger charge is -2.68. The predicted molar refractivity (Wildman–Crippen MR) is 102 cm³/mol. The van der Waals surface area contributed by atoms with Crippen LogP contribution in [0.2, 0.25) is 0 Å². The van der Waals surface area contributed by atoms with Crippen molar-refractivity contribution in [1.82, 2.24) is 0 Å². The predicted octanol–water partition coefficient (Wildman–Crippen LogP) is 1.81. The first-order valence-electron chi connectivity index (χ1n) is 10.7. The molecular weight excluding hydrogens is 360 g/mol. The van der Waals surface area contributed by atoms with Gasteiger partial charge in [0.1, 0.15) is 6.10 Å². The molecule has 0 radical (unpaired) electrons. The van der Waals surface area contributed by atoms with Crippen molar-refractivity contribution in [3.63, 3.8) is 0 Å². The van der Waals surface area contributed by atoms with Crippen LogP contribution >= 0.6 is 0 Å². The molecule has 0 amide bonds. The summed E-state index contributed by atoms with van der Waals surface area (Å²) in [6.07, 6.45) is 0.596. The first kappa shape index (κ1) is 20.5. The molecule has 2 aliphatic heterocycles. The molecule has 5 fully saturated rings. The Bertz CT molecular complexity index is 659. The molecule has 5 aliphatic rings. The van der Waals surface area contributed by atoms with Gasteiger partial charge in [-0.3, -0.25) is 4.79 Å². The van der Waals surface area contributed by atoms with Gasteiger partial charge in [-0.05, 0) is 49.5 Å². The second kappa shape index (κ2) is 6.88. The van der Waals surface area contributed by atoms with Gasteiger partial charge in [-0.2, -0.15) is 0 Å². The van der Waals surface area contributed by atoms with Gasteiger partial charge in [-0.1, -0.05) is 26.8 Å². The van der Waals surface area contributed by atoms with Crippen molar-refractivity contribution < 1.29 is 29.6 Å². The van der Waals surface area contributed by atoms with Gasteiger partial charge in [0.25, 0.3) is 0 Å². The van der Waals surface area contributed by atoms with Crippen molar-refractivity contribution in [1.29, 1.82) is 0 Å². The Morgan fingerprint density at radius 2 is 2.07 bits per heavy atom. The minimum absolute atomic E-state index is 0.138. The van der Waals surface area contributed by atoms with Crippen LogP contribution in [-0.2, 0) is 14.3 Å². The fourth-order valence-corrected chi connectivity index (χ4v) is 7.22. The molecule has 158 valence electrons. The SMILES string of the molecule is C=C1C(=O)C23C(O)C1CCCC2C1(CCC(O)CC)C(OC)OC3C(O)C1C. The first-order chi connectivity index (χ1) is 13.3. The highest BCUT2D eigenvalue weighted by Crippen LogP contribution is 2.70. The Labute approximate surface area is 166 Å². The van der Waals surface area contributed by atoms with Crippen molar-refractivity contribution in [2.45, 2.75) is 83.1 Å². The molecule has 28 heavy (non-hydrogen) atoms. The highest BCUT2D eigenvalue weighted by molar-refractivity contribution is 6.04.